The highest BCUT2D eigenvalue weighted by atomic mass is 16.5. The van der Waals surface area contributed by atoms with E-state index >= 15 is 0 Å². The average molecular weight is 472 g/mol. The molecule has 3 N–H and O–H groups in total. The highest BCUT2D eigenvalue weighted by Crippen LogP contribution is 2.26. The monoisotopic (exact) mass is 471 g/mol. The molecule has 0 spiro atoms. The second kappa shape index (κ2) is 11.2. The van der Waals surface area contributed by atoms with Crippen LogP contribution in [0.5, 0.6) is 5.75 Å². The van der Waals surface area contributed by atoms with Gasteiger partial charge in [0.15, 0.2) is 0 Å². The van der Waals surface area contributed by atoms with E-state index in [0.29, 0.717) is 22.7 Å². The van der Waals surface area contributed by atoms with Crippen molar-refractivity contribution < 1.29 is 14.3 Å². The maximum absolute atomic E-state index is 12.8. The molecule has 6 heteroatoms. The molecule has 0 aromatic heterocycles. The van der Waals surface area contributed by atoms with Crippen LogP contribution in [0.25, 0.3) is 0 Å². The second-order valence-corrected chi connectivity index (χ2v) is 9.07. The van der Waals surface area contributed by atoms with Gasteiger partial charge >= 0.3 is 0 Å². The summed E-state index contributed by atoms with van der Waals surface area (Å²) in [5, 5.41) is 9.18. The van der Waals surface area contributed by atoms with E-state index in [1.165, 1.54) is 29.5 Å². The maximum atomic E-state index is 12.8. The Kier molecular flexibility index (Phi) is 7.83. The van der Waals surface area contributed by atoms with E-state index in [1.807, 2.05) is 19.1 Å². The van der Waals surface area contributed by atoms with Gasteiger partial charge in [-0.3, -0.25) is 14.9 Å². The number of fused-ring (bicyclic) bond motifs is 1. The molecule has 35 heavy (non-hydrogen) atoms. The molecule has 0 radical (unpaired) electrons. The molecule has 0 saturated carbocycles. The summed E-state index contributed by atoms with van der Waals surface area (Å²) >= 11 is 0. The van der Waals surface area contributed by atoms with Crippen molar-refractivity contribution in [1.82, 2.24) is 5.32 Å². The number of methoxy groups -OCH3 is 1. The van der Waals surface area contributed by atoms with Crippen LogP contribution in [0.1, 0.15) is 59.8 Å². The summed E-state index contributed by atoms with van der Waals surface area (Å²) in [6, 6.07) is 20.4. The molecule has 0 saturated heterocycles. The Morgan fingerprint density at radius 2 is 1.57 bits per heavy atom. The van der Waals surface area contributed by atoms with Gasteiger partial charge in [0.1, 0.15) is 5.75 Å². The number of nitrogens with one attached hydrogen (secondary N) is 3. The van der Waals surface area contributed by atoms with Gasteiger partial charge in [0, 0.05) is 17.3 Å². The predicted octanol–water partition coefficient (Wildman–Crippen LogP) is 5.50. The summed E-state index contributed by atoms with van der Waals surface area (Å²) in [5.74, 6) is 0.221. The van der Waals surface area contributed by atoms with E-state index in [2.05, 4.69) is 41.1 Å². The van der Waals surface area contributed by atoms with Crippen molar-refractivity contribution in [3.8, 4) is 5.75 Å². The van der Waals surface area contributed by atoms with Gasteiger partial charge in [-0.2, -0.15) is 0 Å². The fraction of sp³-hybridized carbons (Fsp3) is 0.310. The molecule has 3 aromatic carbocycles. The Hall–Kier alpha value is -3.64. The van der Waals surface area contributed by atoms with E-state index in [1.54, 1.807) is 43.5 Å². The molecule has 6 nitrogen and oxygen atoms in total. The van der Waals surface area contributed by atoms with Gasteiger partial charge in [-0.1, -0.05) is 30.3 Å². The summed E-state index contributed by atoms with van der Waals surface area (Å²) in [7, 11) is 1.56. The first kappa shape index (κ1) is 24.5. The normalized spacial score (nSPS) is 14.4. The molecular formula is C29H33N3O3. The Bertz CT molecular complexity index is 1190. The standard InChI is InChI=1S/C29H33N3O3/c1-19(23-13-12-21-8-4-5-9-24(21)18-23)30-20(2)28(33)31-25-16-14-22(15-17-25)29(34)32-26-10-6-7-11-27(26)35-3/h6-7,10-20,30H,4-5,8-9H2,1-3H3,(H,31,33)(H,32,34)/t19-,20-/m1/s1. The minimum absolute atomic E-state index is 0.0593. The first-order chi connectivity index (χ1) is 16.9. The SMILES string of the molecule is COc1ccccc1NC(=O)c1ccc(NC(=O)[C@@H](C)N[C@H](C)c2ccc3c(c2)CCCC3)cc1. The molecule has 182 valence electrons. The summed E-state index contributed by atoms with van der Waals surface area (Å²) in [6.07, 6.45) is 4.82. The molecular weight excluding hydrogens is 438 g/mol. The van der Waals surface area contributed by atoms with Crippen LogP contribution in [0.4, 0.5) is 11.4 Å². The summed E-state index contributed by atoms with van der Waals surface area (Å²) in [5.41, 5.74) is 5.83. The van der Waals surface area contributed by atoms with Crippen molar-refractivity contribution in [3.05, 3.63) is 89.0 Å². The predicted molar refractivity (Wildman–Crippen MR) is 140 cm³/mol. The van der Waals surface area contributed by atoms with Crippen LogP contribution >= 0.6 is 0 Å². The molecule has 3 aromatic rings. The van der Waals surface area contributed by atoms with Crippen molar-refractivity contribution in [3.63, 3.8) is 0 Å². The number of hydrogen-bond acceptors (Lipinski definition) is 4. The van der Waals surface area contributed by atoms with Crippen LogP contribution in [0.3, 0.4) is 0 Å². The number of ether oxygens (including phenoxy) is 1. The molecule has 0 heterocycles. The minimum atomic E-state index is -0.380. The number of para-hydroxylation sites is 2. The Balaban J connectivity index is 1.32. The Labute approximate surface area is 207 Å². The molecule has 0 aliphatic heterocycles. The van der Waals surface area contributed by atoms with Crippen LogP contribution in [-0.2, 0) is 17.6 Å². The smallest absolute Gasteiger partial charge is 0.255 e. The molecule has 1 aliphatic rings. The van der Waals surface area contributed by atoms with Crippen molar-refractivity contribution >= 4 is 23.2 Å². The van der Waals surface area contributed by atoms with Gasteiger partial charge in [0.2, 0.25) is 5.91 Å². The number of carbonyl (C=O) groups is 2. The van der Waals surface area contributed by atoms with Gasteiger partial charge in [-0.15, -0.1) is 0 Å². The highest BCUT2D eigenvalue weighted by Gasteiger charge is 2.18. The summed E-state index contributed by atoms with van der Waals surface area (Å²) in [4.78, 5) is 25.4. The Morgan fingerprint density at radius 3 is 2.31 bits per heavy atom. The van der Waals surface area contributed by atoms with E-state index in [4.69, 9.17) is 4.74 Å². The number of aryl methyl sites for hydroxylation is 2. The lowest BCUT2D eigenvalue weighted by Crippen LogP contribution is -2.39. The van der Waals surface area contributed by atoms with E-state index < -0.39 is 0 Å². The molecule has 0 bridgehead atoms. The van der Waals surface area contributed by atoms with Crippen LogP contribution < -0.4 is 20.7 Å². The van der Waals surface area contributed by atoms with Crippen molar-refractivity contribution in [2.75, 3.05) is 17.7 Å². The van der Waals surface area contributed by atoms with Crippen molar-refractivity contribution in [2.24, 2.45) is 0 Å². The van der Waals surface area contributed by atoms with E-state index in [9.17, 15) is 9.59 Å². The minimum Gasteiger partial charge on any atom is -0.495 e. The number of benzene rings is 3. The molecule has 4 rings (SSSR count). The molecule has 2 atom stereocenters. The average Bonchev–Trinajstić information content (AvgIpc) is 2.89. The molecule has 0 fully saturated rings. The van der Waals surface area contributed by atoms with Crippen LogP contribution in [0.15, 0.2) is 66.7 Å². The quantitative estimate of drug-likeness (QED) is 0.405. The van der Waals surface area contributed by atoms with Gasteiger partial charge in [0.05, 0.1) is 18.8 Å². The third-order valence-corrected chi connectivity index (χ3v) is 6.54. The number of anilines is 2. The van der Waals surface area contributed by atoms with E-state index in [0.717, 1.165) is 12.8 Å². The largest absolute Gasteiger partial charge is 0.495 e. The first-order valence-electron chi connectivity index (χ1n) is 12.2. The van der Waals surface area contributed by atoms with Crippen LogP contribution in [0, 0.1) is 0 Å². The zero-order chi connectivity index (χ0) is 24.8. The van der Waals surface area contributed by atoms with Crippen LogP contribution in [0.2, 0.25) is 0 Å². The first-order valence-corrected chi connectivity index (χ1v) is 12.2. The van der Waals surface area contributed by atoms with E-state index in [-0.39, 0.29) is 23.9 Å². The van der Waals surface area contributed by atoms with Gasteiger partial charge < -0.3 is 15.4 Å². The van der Waals surface area contributed by atoms with Gasteiger partial charge in [-0.25, -0.2) is 0 Å². The van der Waals surface area contributed by atoms with Crippen molar-refractivity contribution in [1.29, 1.82) is 0 Å². The van der Waals surface area contributed by atoms with Gasteiger partial charge in [0.25, 0.3) is 5.91 Å². The number of carbonyl (C=O) groups excluding carboxylic acids is 2. The molecule has 2 amide bonds. The third-order valence-electron chi connectivity index (χ3n) is 6.54. The molecule has 0 unspecified atom stereocenters. The van der Waals surface area contributed by atoms with Gasteiger partial charge in [-0.05, 0) is 92.6 Å². The fourth-order valence-corrected chi connectivity index (χ4v) is 4.47. The van der Waals surface area contributed by atoms with Crippen LogP contribution in [-0.4, -0.2) is 25.0 Å². The maximum Gasteiger partial charge on any atom is 0.255 e. The second-order valence-electron chi connectivity index (χ2n) is 9.07. The number of hydrogen-bond donors (Lipinski definition) is 3. The zero-order valence-electron chi connectivity index (χ0n) is 20.6. The lowest BCUT2D eigenvalue weighted by molar-refractivity contribution is -0.117. The number of rotatable bonds is 8. The summed E-state index contributed by atoms with van der Waals surface area (Å²) in [6.45, 7) is 3.95. The fourth-order valence-electron chi connectivity index (χ4n) is 4.47. The lowest BCUT2D eigenvalue weighted by Gasteiger charge is -2.22. The summed E-state index contributed by atoms with van der Waals surface area (Å²) < 4.78 is 5.28. The lowest BCUT2D eigenvalue weighted by atomic mass is 9.89. The zero-order valence-corrected chi connectivity index (χ0v) is 20.6. The Morgan fingerprint density at radius 1 is 0.857 bits per heavy atom. The number of amides is 2. The topological polar surface area (TPSA) is 79.5 Å². The third kappa shape index (κ3) is 6.08. The highest BCUT2D eigenvalue weighted by molar-refractivity contribution is 6.05. The van der Waals surface area contributed by atoms with Crippen molar-refractivity contribution in [2.45, 2.75) is 51.6 Å². The molecule has 1 aliphatic carbocycles.